The molecular formula is C48H62ClN9O2. The molecule has 3 aromatic carbocycles. The third kappa shape index (κ3) is 12.9. The van der Waals surface area contributed by atoms with Crippen molar-refractivity contribution in [1.82, 2.24) is 31.5 Å². The predicted molar refractivity (Wildman–Crippen MR) is 247 cm³/mol. The first-order valence-electron chi connectivity index (χ1n) is 20.5. The molecule has 9 N–H and O–H groups in total. The van der Waals surface area contributed by atoms with Gasteiger partial charge in [0, 0.05) is 35.4 Å². The number of amides is 1. The van der Waals surface area contributed by atoms with Crippen LogP contribution in [0.25, 0.3) is 16.8 Å². The second kappa shape index (κ2) is 23.8. The van der Waals surface area contributed by atoms with E-state index in [1.165, 1.54) is 11.1 Å². The molecule has 60 heavy (non-hydrogen) atoms. The third-order valence-electron chi connectivity index (χ3n) is 10.5. The molecule has 12 heteroatoms. The zero-order chi connectivity index (χ0) is 43.6. The molecule has 0 aromatic heterocycles. The van der Waals surface area contributed by atoms with E-state index in [1.807, 2.05) is 7.05 Å². The van der Waals surface area contributed by atoms with Crippen molar-refractivity contribution in [3.05, 3.63) is 131 Å². The van der Waals surface area contributed by atoms with Gasteiger partial charge in [-0.2, -0.15) is 5.26 Å². The molecule has 11 nitrogen and oxygen atoms in total. The van der Waals surface area contributed by atoms with Crippen LogP contribution in [0, 0.1) is 23.2 Å². The summed E-state index contributed by atoms with van der Waals surface area (Å²) in [6.45, 7) is 21.5. The maximum absolute atomic E-state index is 14.8. The number of ether oxygens (including phenoxy) is 1. The van der Waals surface area contributed by atoms with Crippen LogP contribution in [-0.4, -0.2) is 76.3 Å². The lowest BCUT2D eigenvalue weighted by molar-refractivity contribution is -0.133. The number of fused-ring (bicyclic) bond motifs is 5. The van der Waals surface area contributed by atoms with Gasteiger partial charge in [0.25, 0.3) is 0 Å². The molecule has 2 unspecified atom stereocenters. The molecule has 1 aliphatic rings. The zero-order valence-corrected chi connectivity index (χ0v) is 36.2. The molecule has 0 spiro atoms. The van der Waals surface area contributed by atoms with Gasteiger partial charge in [-0.15, -0.1) is 5.92 Å². The number of nitrogens with zero attached hydrogens (tertiary/aromatic N) is 2. The first-order valence-corrected chi connectivity index (χ1v) is 20.8. The Morgan fingerprint density at radius 1 is 1.05 bits per heavy atom. The molecule has 4 rings (SSSR count). The standard InChI is InChI=1S/C48H62ClN9O2/c1-8-9-26-60-40-18-19-41(44(49)30-40)33(3)57-45(20-22-51)48(59)58(7)47-35(5)55-31-32(2)56-46(34(4)54-25-23-52)28-36-14-15-38(13-11-24-53-6)42(27-36)43-29-39(47)17-16-37(43)12-10-21-50/h14-19,27,29-30,45-47,53-57H,2-5,10-13,20-22,24-26,28,31,50-51H2,1,6-7H3/t45-,46?,47?/m0/s1. The Bertz CT molecular complexity index is 2110. The number of rotatable bonds is 19. The van der Waals surface area contributed by atoms with Crippen molar-refractivity contribution in [3.63, 3.8) is 0 Å². The van der Waals surface area contributed by atoms with E-state index in [0.29, 0.717) is 65.1 Å². The van der Waals surface area contributed by atoms with E-state index in [-0.39, 0.29) is 31.6 Å². The minimum atomic E-state index is -0.733. The van der Waals surface area contributed by atoms with E-state index in [9.17, 15) is 10.1 Å². The molecule has 0 saturated carbocycles. The highest BCUT2D eigenvalue weighted by Gasteiger charge is 2.31. The average molecular weight is 833 g/mol. The van der Waals surface area contributed by atoms with Gasteiger partial charge in [-0.25, -0.2) is 0 Å². The van der Waals surface area contributed by atoms with Crippen LogP contribution in [0.2, 0.25) is 5.02 Å². The monoisotopic (exact) mass is 831 g/mol. The number of nitriles is 1. The minimum Gasteiger partial charge on any atom is -0.481 e. The number of nitrogens with two attached hydrogens (primary N) is 2. The summed E-state index contributed by atoms with van der Waals surface area (Å²) in [5, 5.41) is 26.5. The van der Waals surface area contributed by atoms with Crippen LogP contribution in [-0.2, 0) is 24.1 Å². The molecule has 3 atom stereocenters. The van der Waals surface area contributed by atoms with Gasteiger partial charge in [0.2, 0.25) is 5.91 Å². The molecule has 4 bridgehead atoms. The average Bonchev–Trinajstić information content (AvgIpc) is 3.23. The van der Waals surface area contributed by atoms with Gasteiger partial charge in [-0.05, 0) is 130 Å². The Labute approximate surface area is 362 Å². The third-order valence-corrected chi connectivity index (χ3v) is 10.8. The molecule has 1 heterocycles. The number of likely N-dealkylation sites (N-methyl/N-ethyl adjacent to an activating group) is 1. The van der Waals surface area contributed by atoms with Gasteiger partial charge < -0.3 is 47.7 Å². The van der Waals surface area contributed by atoms with E-state index in [2.05, 4.69) is 107 Å². The number of carbonyl (C=O) groups excluding carboxylic acids is 1. The summed E-state index contributed by atoms with van der Waals surface area (Å²) in [5.41, 5.74) is 21.9. The minimum absolute atomic E-state index is 0.129. The molecule has 0 fully saturated rings. The van der Waals surface area contributed by atoms with Crippen molar-refractivity contribution in [2.45, 2.75) is 63.6 Å². The number of benzene rings is 3. The SMILES string of the molecule is C=C1CNC(=C)C(N(C)C(=O)[C@H](CCN)NC(=C)c2ccc(OCC#CC)cc2Cl)c2ccc(CCCN)c(c2)-c2cc(ccc2CCCNC)CC(C(=C)NCC#N)N1. The molecule has 0 saturated heterocycles. The number of aryl methyl sites for hydroxylation is 2. The summed E-state index contributed by atoms with van der Waals surface area (Å²) in [5.74, 6) is 6.05. The van der Waals surface area contributed by atoms with Crippen molar-refractivity contribution >= 4 is 23.2 Å². The highest BCUT2D eigenvalue weighted by molar-refractivity contribution is 6.32. The fourth-order valence-electron chi connectivity index (χ4n) is 7.35. The van der Waals surface area contributed by atoms with Crippen LogP contribution < -0.4 is 42.8 Å². The van der Waals surface area contributed by atoms with Gasteiger partial charge in [-0.3, -0.25) is 4.79 Å². The lowest BCUT2D eigenvalue weighted by Crippen LogP contribution is -2.48. The summed E-state index contributed by atoms with van der Waals surface area (Å²) >= 11 is 6.70. The molecule has 318 valence electrons. The Morgan fingerprint density at radius 3 is 2.47 bits per heavy atom. The highest BCUT2D eigenvalue weighted by atomic mass is 35.5. The zero-order valence-electron chi connectivity index (χ0n) is 35.5. The topological polar surface area (TPSA) is 166 Å². The van der Waals surface area contributed by atoms with E-state index in [0.717, 1.165) is 54.5 Å². The maximum Gasteiger partial charge on any atom is 0.245 e. The normalized spacial score (nSPS) is 15.4. The van der Waals surface area contributed by atoms with Gasteiger partial charge in [-0.1, -0.05) is 74.2 Å². The van der Waals surface area contributed by atoms with Gasteiger partial charge in [0.1, 0.15) is 24.9 Å². The number of halogens is 1. The first kappa shape index (κ1) is 47.0. The van der Waals surface area contributed by atoms with Crippen molar-refractivity contribution in [1.29, 1.82) is 5.26 Å². The molecular weight excluding hydrogens is 770 g/mol. The number of nitrogens with one attached hydrogen (secondary N) is 5. The van der Waals surface area contributed by atoms with Gasteiger partial charge >= 0.3 is 0 Å². The maximum atomic E-state index is 14.8. The summed E-state index contributed by atoms with van der Waals surface area (Å²) in [6, 6.07) is 19.0. The fraction of sp³-hybridized carbons (Fsp3) is 0.375. The van der Waals surface area contributed by atoms with Crippen molar-refractivity contribution in [2.75, 3.05) is 53.4 Å². The smallest absolute Gasteiger partial charge is 0.245 e. The molecule has 1 amide bonds. The molecule has 0 aliphatic carbocycles. The summed E-state index contributed by atoms with van der Waals surface area (Å²) < 4.78 is 5.68. The Morgan fingerprint density at radius 2 is 1.78 bits per heavy atom. The van der Waals surface area contributed by atoms with Gasteiger partial charge in [0.05, 0.1) is 29.7 Å². The van der Waals surface area contributed by atoms with Crippen molar-refractivity contribution < 1.29 is 9.53 Å². The Balaban J connectivity index is 1.81. The first-order chi connectivity index (χ1) is 28.9. The van der Waals surface area contributed by atoms with Crippen LogP contribution in [0.4, 0.5) is 0 Å². The van der Waals surface area contributed by atoms with Crippen LogP contribution >= 0.6 is 11.6 Å². The summed E-state index contributed by atoms with van der Waals surface area (Å²) in [4.78, 5) is 16.5. The molecule has 3 aromatic rings. The Kier molecular flexibility index (Phi) is 18.6. The summed E-state index contributed by atoms with van der Waals surface area (Å²) in [6.07, 6.45) is 4.37. The summed E-state index contributed by atoms with van der Waals surface area (Å²) in [7, 11) is 3.75. The molecule has 1 aliphatic heterocycles. The van der Waals surface area contributed by atoms with Crippen molar-refractivity contribution in [3.8, 4) is 34.8 Å². The highest BCUT2D eigenvalue weighted by Crippen LogP contribution is 2.36. The van der Waals surface area contributed by atoms with Crippen LogP contribution in [0.3, 0.4) is 0 Å². The van der Waals surface area contributed by atoms with Crippen LogP contribution in [0.15, 0.2) is 98.0 Å². The fourth-order valence-corrected chi connectivity index (χ4v) is 7.64. The Hall–Kier alpha value is -5.69. The van der Waals surface area contributed by atoms with Crippen molar-refractivity contribution in [2.24, 2.45) is 11.5 Å². The number of hydrogen-bond acceptors (Lipinski definition) is 10. The van der Waals surface area contributed by atoms with Gasteiger partial charge in [0.15, 0.2) is 0 Å². The second-order valence-corrected chi connectivity index (χ2v) is 15.3. The van der Waals surface area contributed by atoms with E-state index >= 15 is 0 Å². The molecule has 0 radical (unpaired) electrons. The quantitative estimate of drug-likeness (QED) is 0.0454. The van der Waals surface area contributed by atoms with Crippen LogP contribution in [0.5, 0.6) is 5.75 Å². The largest absolute Gasteiger partial charge is 0.481 e. The van der Waals surface area contributed by atoms with E-state index in [4.69, 9.17) is 27.8 Å². The predicted octanol–water partition coefficient (Wildman–Crippen LogP) is 5.69. The lowest BCUT2D eigenvalue weighted by Gasteiger charge is -2.35. The number of hydrogen-bond donors (Lipinski definition) is 7. The number of carbonyl (C=O) groups is 1. The van der Waals surface area contributed by atoms with E-state index in [1.54, 1.807) is 37.1 Å². The van der Waals surface area contributed by atoms with E-state index < -0.39 is 12.1 Å². The lowest BCUT2D eigenvalue weighted by atomic mass is 9.86. The second-order valence-electron chi connectivity index (χ2n) is 14.9. The van der Waals surface area contributed by atoms with Crippen LogP contribution in [0.1, 0.15) is 60.0 Å².